The summed E-state index contributed by atoms with van der Waals surface area (Å²) in [5.41, 5.74) is 1.59. The summed E-state index contributed by atoms with van der Waals surface area (Å²) in [5, 5.41) is 6.01. The molecule has 0 aliphatic carbocycles. The molecular weight excluding hydrogens is 276 g/mol. The number of carbonyl (C=O) groups is 1. The summed E-state index contributed by atoms with van der Waals surface area (Å²) < 4.78 is 0. The summed E-state index contributed by atoms with van der Waals surface area (Å²) in [4.78, 5) is 20.2. The quantitative estimate of drug-likeness (QED) is 0.828. The second kappa shape index (κ2) is 6.98. The van der Waals surface area contributed by atoms with E-state index in [1.807, 2.05) is 25.2 Å². The number of aromatic nitrogens is 2. The molecule has 6 heteroatoms. The molecule has 0 unspecified atom stereocenters. The Morgan fingerprint density at radius 1 is 1.30 bits per heavy atom. The van der Waals surface area contributed by atoms with Gasteiger partial charge in [-0.1, -0.05) is 29.8 Å². The molecule has 0 fully saturated rings. The van der Waals surface area contributed by atoms with Crippen LogP contribution in [-0.2, 0) is 6.42 Å². The van der Waals surface area contributed by atoms with Crippen molar-refractivity contribution in [2.75, 3.05) is 18.9 Å². The molecule has 1 aromatic carbocycles. The molecule has 2 N–H and O–H groups in total. The SMILES string of the molecule is CNCCc1ccccc1C(=O)Nc1nccc(Cl)n1. The predicted molar refractivity (Wildman–Crippen MR) is 79.1 cm³/mol. The number of amides is 1. The van der Waals surface area contributed by atoms with Gasteiger partial charge < -0.3 is 5.32 Å². The molecular formula is C14H15ClN4O. The van der Waals surface area contributed by atoms with Crippen LogP contribution < -0.4 is 10.6 Å². The molecule has 1 heterocycles. The first-order valence-corrected chi connectivity index (χ1v) is 6.61. The lowest BCUT2D eigenvalue weighted by atomic mass is 10.0. The van der Waals surface area contributed by atoms with Gasteiger partial charge in [0.15, 0.2) is 0 Å². The molecule has 0 saturated heterocycles. The summed E-state index contributed by atoms with van der Waals surface area (Å²) in [7, 11) is 1.88. The van der Waals surface area contributed by atoms with E-state index < -0.39 is 0 Å². The van der Waals surface area contributed by atoms with Crippen LogP contribution in [0.25, 0.3) is 0 Å². The number of nitrogens with one attached hydrogen (secondary N) is 2. The number of halogens is 1. The molecule has 0 aliphatic rings. The van der Waals surface area contributed by atoms with E-state index in [0.29, 0.717) is 10.7 Å². The number of nitrogens with zero attached hydrogens (tertiary/aromatic N) is 2. The van der Waals surface area contributed by atoms with Crippen LogP contribution in [0.15, 0.2) is 36.5 Å². The van der Waals surface area contributed by atoms with Crippen LogP contribution in [0.1, 0.15) is 15.9 Å². The van der Waals surface area contributed by atoms with Crippen molar-refractivity contribution < 1.29 is 4.79 Å². The molecule has 0 atom stereocenters. The van der Waals surface area contributed by atoms with E-state index in [4.69, 9.17) is 11.6 Å². The van der Waals surface area contributed by atoms with Gasteiger partial charge in [0.2, 0.25) is 5.95 Å². The zero-order chi connectivity index (χ0) is 14.4. The summed E-state index contributed by atoms with van der Waals surface area (Å²) in [5.74, 6) is -0.0371. The van der Waals surface area contributed by atoms with E-state index in [0.717, 1.165) is 18.5 Å². The lowest BCUT2D eigenvalue weighted by Gasteiger charge is -2.09. The highest BCUT2D eigenvalue weighted by Crippen LogP contribution is 2.12. The Hall–Kier alpha value is -1.98. The van der Waals surface area contributed by atoms with Gasteiger partial charge in [0.1, 0.15) is 5.15 Å². The Morgan fingerprint density at radius 2 is 2.10 bits per heavy atom. The molecule has 1 amide bonds. The van der Waals surface area contributed by atoms with Gasteiger partial charge in [0, 0.05) is 11.8 Å². The first-order chi connectivity index (χ1) is 9.70. The molecule has 20 heavy (non-hydrogen) atoms. The maximum absolute atomic E-state index is 12.3. The molecule has 0 radical (unpaired) electrons. The molecule has 5 nitrogen and oxygen atoms in total. The van der Waals surface area contributed by atoms with Crippen LogP contribution in [-0.4, -0.2) is 29.5 Å². The zero-order valence-corrected chi connectivity index (χ0v) is 11.8. The van der Waals surface area contributed by atoms with Crippen LogP contribution in [0.5, 0.6) is 0 Å². The van der Waals surface area contributed by atoms with Crippen LogP contribution in [0.4, 0.5) is 5.95 Å². The van der Waals surface area contributed by atoms with Gasteiger partial charge in [0.25, 0.3) is 5.91 Å². The first-order valence-electron chi connectivity index (χ1n) is 6.23. The second-order valence-electron chi connectivity index (χ2n) is 4.17. The normalized spacial score (nSPS) is 10.3. The fourth-order valence-corrected chi connectivity index (χ4v) is 1.92. The minimum atomic E-state index is -0.237. The zero-order valence-electron chi connectivity index (χ0n) is 11.1. The number of rotatable bonds is 5. The van der Waals surface area contributed by atoms with Gasteiger partial charge in [-0.25, -0.2) is 9.97 Å². The number of hydrogen-bond donors (Lipinski definition) is 2. The topological polar surface area (TPSA) is 66.9 Å². The monoisotopic (exact) mass is 290 g/mol. The number of carbonyl (C=O) groups excluding carboxylic acids is 1. The fourth-order valence-electron chi connectivity index (χ4n) is 1.79. The highest BCUT2D eigenvalue weighted by atomic mass is 35.5. The Balaban J connectivity index is 2.16. The second-order valence-corrected chi connectivity index (χ2v) is 4.56. The van der Waals surface area contributed by atoms with Crippen molar-refractivity contribution in [2.45, 2.75) is 6.42 Å². The van der Waals surface area contributed by atoms with Gasteiger partial charge in [0.05, 0.1) is 0 Å². The predicted octanol–water partition coefficient (Wildman–Crippen LogP) is 2.14. The summed E-state index contributed by atoms with van der Waals surface area (Å²) in [6.45, 7) is 0.804. The van der Waals surface area contributed by atoms with Gasteiger partial charge >= 0.3 is 0 Å². The Labute approximate surface area is 122 Å². The third-order valence-corrected chi connectivity index (χ3v) is 2.96. The van der Waals surface area contributed by atoms with E-state index in [1.165, 1.54) is 6.20 Å². The Bertz CT molecular complexity index is 603. The lowest BCUT2D eigenvalue weighted by molar-refractivity contribution is 0.102. The largest absolute Gasteiger partial charge is 0.319 e. The minimum Gasteiger partial charge on any atom is -0.319 e. The molecule has 0 saturated carbocycles. The van der Waals surface area contributed by atoms with E-state index in [1.54, 1.807) is 12.1 Å². The Morgan fingerprint density at radius 3 is 2.85 bits per heavy atom. The molecule has 2 rings (SSSR count). The summed E-state index contributed by atoms with van der Waals surface area (Å²) in [6.07, 6.45) is 2.27. The van der Waals surface area contributed by atoms with Crippen molar-refractivity contribution in [1.82, 2.24) is 15.3 Å². The van der Waals surface area contributed by atoms with E-state index in [-0.39, 0.29) is 11.9 Å². The smallest absolute Gasteiger partial charge is 0.258 e. The molecule has 0 bridgehead atoms. The van der Waals surface area contributed by atoms with Gasteiger partial charge in [-0.2, -0.15) is 0 Å². The average molecular weight is 291 g/mol. The summed E-state index contributed by atoms with van der Waals surface area (Å²) >= 11 is 5.76. The van der Waals surface area contributed by atoms with Crippen molar-refractivity contribution in [3.63, 3.8) is 0 Å². The maximum Gasteiger partial charge on any atom is 0.258 e. The van der Waals surface area contributed by atoms with Crippen LogP contribution in [0.2, 0.25) is 5.15 Å². The van der Waals surface area contributed by atoms with Gasteiger partial charge in [-0.15, -0.1) is 0 Å². The minimum absolute atomic E-state index is 0.200. The van der Waals surface area contributed by atoms with Crippen LogP contribution >= 0.6 is 11.6 Å². The maximum atomic E-state index is 12.3. The van der Waals surface area contributed by atoms with Gasteiger partial charge in [-0.05, 0) is 37.7 Å². The number of anilines is 1. The van der Waals surface area contributed by atoms with Crippen molar-refractivity contribution in [2.24, 2.45) is 0 Å². The molecule has 0 aliphatic heterocycles. The van der Waals surface area contributed by atoms with Gasteiger partial charge in [-0.3, -0.25) is 10.1 Å². The highest BCUT2D eigenvalue weighted by molar-refractivity contribution is 6.29. The van der Waals surface area contributed by atoms with Crippen molar-refractivity contribution in [3.8, 4) is 0 Å². The molecule has 0 spiro atoms. The highest BCUT2D eigenvalue weighted by Gasteiger charge is 2.12. The summed E-state index contributed by atoms with van der Waals surface area (Å²) in [6, 6.07) is 9.02. The molecule has 1 aromatic heterocycles. The van der Waals surface area contributed by atoms with E-state index in [9.17, 15) is 4.79 Å². The standard InChI is InChI=1S/C14H15ClN4O/c1-16-8-6-10-4-2-3-5-11(10)13(20)19-14-17-9-7-12(15)18-14/h2-5,7,9,16H,6,8H2,1H3,(H,17,18,19,20). The first kappa shape index (κ1) is 14.4. The van der Waals surface area contributed by atoms with E-state index >= 15 is 0 Å². The third kappa shape index (κ3) is 3.76. The number of hydrogen-bond acceptors (Lipinski definition) is 4. The van der Waals surface area contributed by atoms with Crippen LogP contribution in [0.3, 0.4) is 0 Å². The van der Waals surface area contributed by atoms with Crippen molar-refractivity contribution >= 4 is 23.5 Å². The van der Waals surface area contributed by atoms with Crippen LogP contribution in [0, 0.1) is 0 Å². The fraction of sp³-hybridized carbons (Fsp3) is 0.214. The number of benzene rings is 1. The Kier molecular flexibility index (Phi) is 5.03. The molecule has 2 aromatic rings. The third-order valence-electron chi connectivity index (χ3n) is 2.75. The van der Waals surface area contributed by atoms with Crippen molar-refractivity contribution in [3.05, 3.63) is 52.8 Å². The number of likely N-dealkylation sites (N-methyl/N-ethyl adjacent to an activating group) is 1. The van der Waals surface area contributed by atoms with E-state index in [2.05, 4.69) is 20.6 Å². The van der Waals surface area contributed by atoms with Crippen molar-refractivity contribution in [1.29, 1.82) is 0 Å². The lowest BCUT2D eigenvalue weighted by Crippen LogP contribution is -2.18. The molecule has 104 valence electrons. The average Bonchev–Trinajstić information content (AvgIpc) is 2.45.